The molecule has 4 heteroatoms. The van der Waals surface area contributed by atoms with E-state index in [-0.39, 0.29) is 11.7 Å². The zero-order valence-electron chi connectivity index (χ0n) is 13.3. The molecule has 0 aliphatic carbocycles. The number of carbonyl (C=O) groups is 1. The van der Waals surface area contributed by atoms with Crippen molar-refractivity contribution in [3.05, 3.63) is 71.0 Å². The Balaban J connectivity index is 1.57. The van der Waals surface area contributed by atoms with E-state index in [2.05, 4.69) is 30.4 Å². The highest BCUT2D eigenvalue weighted by Gasteiger charge is 2.02. The number of benzene rings is 2. The van der Waals surface area contributed by atoms with Crippen molar-refractivity contribution >= 4 is 17.7 Å². The van der Waals surface area contributed by atoms with Crippen LogP contribution < -0.4 is 5.32 Å². The van der Waals surface area contributed by atoms with Crippen molar-refractivity contribution in [3.8, 4) is 0 Å². The van der Waals surface area contributed by atoms with Gasteiger partial charge in [-0.05, 0) is 43.0 Å². The highest BCUT2D eigenvalue weighted by molar-refractivity contribution is 7.99. The average molecular weight is 331 g/mol. The van der Waals surface area contributed by atoms with Crippen LogP contribution in [0.15, 0.2) is 48.5 Å². The van der Waals surface area contributed by atoms with E-state index in [0.717, 1.165) is 24.2 Å². The minimum atomic E-state index is -0.215. The zero-order chi connectivity index (χ0) is 16.5. The summed E-state index contributed by atoms with van der Waals surface area (Å²) in [5.41, 5.74) is 3.59. The van der Waals surface area contributed by atoms with Crippen LogP contribution in [0.1, 0.15) is 23.1 Å². The largest absolute Gasteiger partial charge is 0.355 e. The van der Waals surface area contributed by atoms with E-state index in [1.165, 1.54) is 23.3 Å². The van der Waals surface area contributed by atoms with Crippen molar-refractivity contribution in [1.82, 2.24) is 5.32 Å². The van der Waals surface area contributed by atoms with Crippen molar-refractivity contribution in [1.29, 1.82) is 0 Å². The summed E-state index contributed by atoms with van der Waals surface area (Å²) < 4.78 is 12.8. The van der Waals surface area contributed by atoms with Gasteiger partial charge in [0.1, 0.15) is 5.82 Å². The van der Waals surface area contributed by atoms with Crippen LogP contribution in [-0.2, 0) is 17.0 Å². The molecule has 0 heterocycles. The molecule has 0 unspecified atom stereocenters. The number of rotatable bonds is 8. The molecule has 1 N–H and O–H groups in total. The fraction of sp³-hybridized carbons (Fsp3) is 0.316. The molecule has 1 amide bonds. The molecule has 23 heavy (non-hydrogen) atoms. The molecule has 2 aromatic carbocycles. The summed E-state index contributed by atoms with van der Waals surface area (Å²) in [7, 11) is 0. The van der Waals surface area contributed by atoms with Gasteiger partial charge < -0.3 is 5.32 Å². The van der Waals surface area contributed by atoms with Crippen molar-refractivity contribution in [3.63, 3.8) is 0 Å². The predicted octanol–water partition coefficient (Wildman–Crippen LogP) is 4.12. The van der Waals surface area contributed by atoms with Gasteiger partial charge >= 0.3 is 0 Å². The molecule has 0 radical (unpaired) electrons. The molecule has 0 aliphatic heterocycles. The summed E-state index contributed by atoms with van der Waals surface area (Å²) in [6.45, 7) is 2.73. The fourth-order valence-electron chi connectivity index (χ4n) is 2.29. The maximum absolute atomic E-state index is 12.8. The molecule has 0 bridgehead atoms. The van der Waals surface area contributed by atoms with Gasteiger partial charge in [-0.1, -0.05) is 42.0 Å². The quantitative estimate of drug-likeness (QED) is 0.737. The first kappa shape index (κ1) is 17.5. The average Bonchev–Trinajstić information content (AvgIpc) is 2.53. The molecule has 2 rings (SSSR count). The second-order valence-electron chi connectivity index (χ2n) is 5.56. The molecule has 0 atom stereocenters. The van der Waals surface area contributed by atoms with Crippen LogP contribution in [0.2, 0.25) is 0 Å². The van der Waals surface area contributed by atoms with Gasteiger partial charge in [-0.3, -0.25) is 4.79 Å². The molecule has 0 aliphatic rings. The summed E-state index contributed by atoms with van der Waals surface area (Å²) in [5.74, 6) is 1.18. The summed E-state index contributed by atoms with van der Waals surface area (Å²) in [4.78, 5) is 11.8. The second-order valence-corrected chi connectivity index (χ2v) is 6.55. The Hall–Kier alpha value is -1.81. The number of hydrogen-bond acceptors (Lipinski definition) is 2. The van der Waals surface area contributed by atoms with Crippen LogP contribution >= 0.6 is 11.8 Å². The van der Waals surface area contributed by atoms with E-state index in [4.69, 9.17) is 0 Å². The summed E-state index contributed by atoms with van der Waals surface area (Å²) in [6, 6.07) is 14.9. The number of thioether (sulfide) groups is 1. The van der Waals surface area contributed by atoms with E-state index in [1.54, 1.807) is 23.9 Å². The summed E-state index contributed by atoms with van der Waals surface area (Å²) in [6.07, 6.45) is 1.71. The number of amides is 1. The van der Waals surface area contributed by atoms with E-state index in [9.17, 15) is 9.18 Å². The summed E-state index contributed by atoms with van der Waals surface area (Å²) >= 11 is 1.63. The molecule has 0 spiro atoms. The van der Waals surface area contributed by atoms with Crippen molar-refractivity contribution in [2.24, 2.45) is 0 Å². The Morgan fingerprint density at radius 1 is 1.13 bits per heavy atom. The molecular formula is C19H22FNOS. The highest BCUT2D eigenvalue weighted by Crippen LogP contribution is 2.13. The standard InChI is InChI=1S/C19H22FNOS/c1-15-4-2-5-17(12-15)13-23-14-19(22)21-11-3-6-16-7-9-18(20)10-8-16/h2,4-5,7-10,12H,3,6,11,13-14H2,1H3,(H,21,22). The van der Waals surface area contributed by atoms with E-state index in [1.807, 2.05) is 6.07 Å². The van der Waals surface area contributed by atoms with Crippen LogP contribution in [0.25, 0.3) is 0 Å². The van der Waals surface area contributed by atoms with Gasteiger partial charge in [-0.2, -0.15) is 0 Å². The normalized spacial score (nSPS) is 10.5. The van der Waals surface area contributed by atoms with Crippen molar-refractivity contribution in [2.75, 3.05) is 12.3 Å². The lowest BCUT2D eigenvalue weighted by atomic mass is 10.1. The maximum atomic E-state index is 12.8. The van der Waals surface area contributed by atoms with Crippen LogP contribution in [0, 0.1) is 12.7 Å². The minimum Gasteiger partial charge on any atom is -0.355 e. The highest BCUT2D eigenvalue weighted by atomic mass is 32.2. The van der Waals surface area contributed by atoms with E-state index >= 15 is 0 Å². The number of halogens is 1. The van der Waals surface area contributed by atoms with Gasteiger partial charge in [0.2, 0.25) is 5.91 Å². The summed E-state index contributed by atoms with van der Waals surface area (Å²) in [5, 5.41) is 2.93. The van der Waals surface area contributed by atoms with Crippen LogP contribution in [0.3, 0.4) is 0 Å². The van der Waals surface area contributed by atoms with Gasteiger partial charge in [-0.15, -0.1) is 11.8 Å². The molecule has 0 fully saturated rings. The van der Waals surface area contributed by atoms with Crippen molar-refractivity contribution < 1.29 is 9.18 Å². The van der Waals surface area contributed by atoms with Crippen LogP contribution in [0.5, 0.6) is 0 Å². The molecule has 2 aromatic rings. The van der Waals surface area contributed by atoms with Gasteiger partial charge in [-0.25, -0.2) is 4.39 Å². The topological polar surface area (TPSA) is 29.1 Å². The Labute approximate surface area is 141 Å². The van der Waals surface area contributed by atoms with Gasteiger partial charge in [0.15, 0.2) is 0 Å². The lowest BCUT2D eigenvalue weighted by molar-refractivity contribution is -0.118. The van der Waals surface area contributed by atoms with Crippen LogP contribution in [0.4, 0.5) is 4.39 Å². The third-order valence-corrected chi connectivity index (χ3v) is 4.47. The molecule has 122 valence electrons. The first-order valence-corrected chi connectivity index (χ1v) is 8.93. The number of aryl methyl sites for hydroxylation is 2. The number of hydrogen-bond donors (Lipinski definition) is 1. The Bertz CT molecular complexity index is 628. The maximum Gasteiger partial charge on any atom is 0.230 e. The van der Waals surface area contributed by atoms with Gasteiger partial charge in [0.05, 0.1) is 5.75 Å². The van der Waals surface area contributed by atoms with Crippen molar-refractivity contribution in [2.45, 2.75) is 25.5 Å². The molecule has 2 nitrogen and oxygen atoms in total. The van der Waals surface area contributed by atoms with Gasteiger partial charge in [0, 0.05) is 12.3 Å². The third kappa shape index (κ3) is 6.87. The lowest BCUT2D eigenvalue weighted by Gasteiger charge is -2.06. The fourth-order valence-corrected chi connectivity index (χ4v) is 3.09. The molecular weight excluding hydrogens is 309 g/mol. The minimum absolute atomic E-state index is 0.0711. The monoisotopic (exact) mass is 331 g/mol. The Morgan fingerprint density at radius 3 is 2.65 bits per heavy atom. The van der Waals surface area contributed by atoms with E-state index < -0.39 is 0 Å². The Morgan fingerprint density at radius 2 is 1.91 bits per heavy atom. The number of nitrogens with one attached hydrogen (secondary N) is 1. The molecule has 0 saturated carbocycles. The third-order valence-electron chi connectivity index (χ3n) is 3.46. The smallest absolute Gasteiger partial charge is 0.230 e. The first-order chi connectivity index (χ1) is 11.1. The molecule has 0 aromatic heterocycles. The zero-order valence-corrected chi connectivity index (χ0v) is 14.2. The lowest BCUT2D eigenvalue weighted by Crippen LogP contribution is -2.26. The second kappa shape index (κ2) is 9.36. The SMILES string of the molecule is Cc1cccc(CSCC(=O)NCCCc2ccc(F)cc2)c1. The molecule has 0 saturated heterocycles. The van der Waals surface area contributed by atoms with Gasteiger partial charge in [0.25, 0.3) is 0 Å². The first-order valence-electron chi connectivity index (χ1n) is 7.78. The Kier molecular flexibility index (Phi) is 7.14. The predicted molar refractivity (Wildman–Crippen MR) is 95.1 cm³/mol. The van der Waals surface area contributed by atoms with Crippen LogP contribution in [-0.4, -0.2) is 18.2 Å². The number of carbonyl (C=O) groups excluding carboxylic acids is 1. The van der Waals surface area contributed by atoms with E-state index in [0.29, 0.717) is 12.3 Å².